The summed E-state index contributed by atoms with van der Waals surface area (Å²) in [5, 5.41) is 0. The van der Waals surface area contributed by atoms with Crippen molar-refractivity contribution in [1.29, 1.82) is 0 Å². The van der Waals surface area contributed by atoms with Gasteiger partial charge in [-0.1, -0.05) is 24.8 Å². The number of rotatable bonds is 2. The average Bonchev–Trinajstić information content (AvgIpc) is 2.26. The van der Waals surface area contributed by atoms with Crippen molar-refractivity contribution >= 4 is 11.9 Å². The molecule has 0 radical (unpaired) electrons. The molecule has 0 atom stereocenters. The van der Waals surface area contributed by atoms with Gasteiger partial charge in [0.05, 0.1) is 5.56 Å². The summed E-state index contributed by atoms with van der Waals surface area (Å²) < 4.78 is 0. The molecule has 0 aliphatic carbocycles. The highest BCUT2D eigenvalue weighted by molar-refractivity contribution is 5.92. The summed E-state index contributed by atoms with van der Waals surface area (Å²) in [4.78, 5) is 26.3. The Morgan fingerprint density at radius 2 is 1.93 bits per heavy atom. The van der Waals surface area contributed by atoms with Crippen LogP contribution >= 0.6 is 0 Å². The maximum Gasteiger partial charge on any atom is 0.362 e. The maximum absolute atomic E-state index is 11.2. The van der Waals surface area contributed by atoms with Gasteiger partial charge in [0.25, 0.3) is 5.91 Å². The summed E-state index contributed by atoms with van der Waals surface area (Å²) in [6.45, 7) is 3.21. The number of hydrogen-bond acceptors (Lipinski definition) is 3. The van der Waals surface area contributed by atoms with E-state index in [1.165, 1.54) is 0 Å². The number of carbonyl (C=O) groups is 2. The van der Waals surface area contributed by atoms with Crippen LogP contribution in [0.2, 0.25) is 0 Å². The van der Waals surface area contributed by atoms with Crippen molar-refractivity contribution in [2.75, 3.05) is 0 Å². The van der Waals surface area contributed by atoms with Gasteiger partial charge in [0.2, 0.25) is 0 Å². The number of nitrogens with one attached hydrogen (secondary N) is 1. The lowest BCUT2D eigenvalue weighted by Crippen LogP contribution is -2.25. The van der Waals surface area contributed by atoms with Gasteiger partial charge in [0, 0.05) is 0 Å². The lowest BCUT2D eigenvalue weighted by atomic mass is 10.2. The molecule has 4 heteroatoms. The van der Waals surface area contributed by atoms with Crippen LogP contribution in [0.3, 0.4) is 0 Å². The van der Waals surface area contributed by atoms with Crippen LogP contribution in [0.25, 0.3) is 0 Å². The lowest BCUT2D eigenvalue weighted by Gasteiger charge is -2.02. The van der Waals surface area contributed by atoms with E-state index in [9.17, 15) is 9.59 Å². The van der Waals surface area contributed by atoms with Gasteiger partial charge >= 0.3 is 5.97 Å². The van der Waals surface area contributed by atoms with E-state index >= 15 is 0 Å². The Labute approximate surface area is 81.1 Å². The third-order valence-corrected chi connectivity index (χ3v) is 1.44. The van der Waals surface area contributed by atoms with Gasteiger partial charge in [0.1, 0.15) is 0 Å². The zero-order chi connectivity index (χ0) is 10.4. The predicted octanol–water partition coefficient (Wildman–Crippen LogP) is 1.06. The number of benzene rings is 1. The molecule has 1 N–H and O–H groups in total. The second kappa shape index (κ2) is 4.81. The quantitative estimate of drug-likeness (QED) is 0.561. The second-order valence-electron chi connectivity index (χ2n) is 2.43. The number of hydrogen-bond donors (Lipinski definition) is 1. The van der Waals surface area contributed by atoms with Crippen molar-refractivity contribution in [3.05, 3.63) is 48.6 Å². The zero-order valence-corrected chi connectivity index (χ0v) is 7.40. The molecule has 0 bridgehead atoms. The van der Waals surface area contributed by atoms with Crippen LogP contribution in [0, 0.1) is 0 Å². The SMILES string of the molecule is C=CC(=O)NOC(=O)c1ccccc1. The fourth-order valence-corrected chi connectivity index (χ4v) is 0.771. The van der Waals surface area contributed by atoms with E-state index in [-0.39, 0.29) is 0 Å². The minimum atomic E-state index is -0.610. The van der Waals surface area contributed by atoms with Gasteiger partial charge in [0.15, 0.2) is 0 Å². The number of hydroxylamine groups is 1. The predicted molar refractivity (Wildman–Crippen MR) is 50.2 cm³/mol. The van der Waals surface area contributed by atoms with E-state index in [4.69, 9.17) is 0 Å². The third-order valence-electron chi connectivity index (χ3n) is 1.44. The summed E-state index contributed by atoms with van der Waals surface area (Å²) >= 11 is 0. The Bertz CT molecular complexity index is 346. The summed E-state index contributed by atoms with van der Waals surface area (Å²) in [7, 11) is 0. The molecule has 72 valence electrons. The minimum Gasteiger partial charge on any atom is -0.335 e. The van der Waals surface area contributed by atoms with Gasteiger partial charge in [-0.15, -0.1) is 0 Å². The summed E-state index contributed by atoms with van der Waals surface area (Å²) in [5.74, 6) is -1.17. The first kappa shape index (κ1) is 9.98. The number of amides is 1. The first-order valence-electron chi connectivity index (χ1n) is 3.92. The standard InChI is InChI=1S/C10H9NO3/c1-2-9(12)11-14-10(13)8-6-4-3-5-7-8/h2-7H,1H2,(H,11,12). The van der Waals surface area contributed by atoms with E-state index in [0.29, 0.717) is 5.56 Å². The van der Waals surface area contributed by atoms with Crippen LogP contribution in [0.4, 0.5) is 0 Å². The molecule has 14 heavy (non-hydrogen) atoms. The van der Waals surface area contributed by atoms with Crippen LogP contribution in [0.1, 0.15) is 10.4 Å². The molecule has 0 unspecified atom stereocenters. The number of carbonyl (C=O) groups excluding carboxylic acids is 2. The van der Waals surface area contributed by atoms with Crippen molar-refractivity contribution in [2.45, 2.75) is 0 Å². The molecule has 0 aliphatic heterocycles. The second-order valence-corrected chi connectivity index (χ2v) is 2.43. The van der Waals surface area contributed by atoms with E-state index in [1.54, 1.807) is 30.3 Å². The van der Waals surface area contributed by atoms with Crippen LogP contribution in [-0.4, -0.2) is 11.9 Å². The molecular weight excluding hydrogens is 182 g/mol. The van der Waals surface area contributed by atoms with Crippen LogP contribution in [-0.2, 0) is 9.63 Å². The van der Waals surface area contributed by atoms with Crippen LogP contribution in [0.5, 0.6) is 0 Å². The minimum absolute atomic E-state index is 0.372. The molecule has 4 nitrogen and oxygen atoms in total. The highest BCUT2D eigenvalue weighted by Crippen LogP contribution is 1.99. The van der Waals surface area contributed by atoms with Gasteiger partial charge < -0.3 is 4.84 Å². The van der Waals surface area contributed by atoms with Gasteiger partial charge in [-0.2, -0.15) is 5.48 Å². The molecule has 0 aliphatic rings. The Morgan fingerprint density at radius 1 is 1.29 bits per heavy atom. The first-order valence-corrected chi connectivity index (χ1v) is 3.92. The van der Waals surface area contributed by atoms with Crippen molar-refractivity contribution in [3.63, 3.8) is 0 Å². The normalized spacial score (nSPS) is 8.86. The highest BCUT2D eigenvalue weighted by Gasteiger charge is 2.06. The molecular formula is C10H9NO3. The van der Waals surface area contributed by atoms with Crippen molar-refractivity contribution in [3.8, 4) is 0 Å². The monoisotopic (exact) mass is 191 g/mol. The Hall–Kier alpha value is -2.10. The van der Waals surface area contributed by atoms with E-state index in [0.717, 1.165) is 6.08 Å². The van der Waals surface area contributed by atoms with Crippen molar-refractivity contribution in [1.82, 2.24) is 5.48 Å². The Kier molecular flexibility index (Phi) is 3.43. The smallest absolute Gasteiger partial charge is 0.335 e. The van der Waals surface area contributed by atoms with Crippen LogP contribution in [0.15, 0.2) is 43.0 Å². The Morgan fingerprint density at radius 3 is 2.50 bits per heavy atom. The molecule has 1 aromatic rings. The summed E-state index contributed by atoms with van der Waals surface area (Å²) in [6.07, 6.45) is 1.01. The highest BCUT2D eigenvalue weighted by atomic mass is 16.7. The lowest BCUT2D eigenvalue weighted by molar-refractivity contribution is -0.125. The first-order chi connectivity index (χ1) is 6.74. The summed E-state index contributed by atoms with van der Waals surface area (Å²) in [6, 6.07) is 8.35. The topological polar surface area (TPSA) is 55.4 Å². The maximum atomic E-state index is 11.2. The molecule has 0 fully saturated rings. The van der Waals surface area contributed by atoms with E-state index < -0.39 is 11.9 Å². The molecule has 0 aromatic heterocycles. The van der Waals surface area contributed by atoms with Gasteiger partial charge in [-0.25, -0.2) is 4.79 Å². The zero-order valence-electron chi connectivity index (χ0n) is 7.40. The molecule has 1 rings (SSSR count). The molecule has 0 saturated heterocycles. The largest absolute Gasteiger partial charge is 0.362 e. The van der Waals surface area contributed by atoms with Crippen molar-refractivity contribution in [2.24, 2.45) is 0 Å². The van der Waals surface area contributed by atoms with E-state index in [1.807, 2.05) is 5.48 Å². The van der Waals surface area contributed by atoms with Crippen molar-refractivity contribution < 1.29 is 14.4 Å². The van der Waals surface area contributed by atoms with Gasteiger partial charge in [-0.05, 0) is 18.2 Å². The fourth-order valence-electron chi connectivity index (χ4n) is 0.771. The van der Waals surface area contributed by atoms with E-state index in [2.05, 4.69) is 11.4 Å². The molecule has 0 saturated carbocycles. The molecule has 0 heterocycles. The molecule has 0 spiro atoms. The summed E-state index contributed by atoms with van der Waals surface area (Å²) in [5.41, 5.74) is 2.30. The van der Waals surface area contributed by atoms with Crippen LogP contribution < -0.4 is 5.48 Å². The molecule has 1 aromatic carbocycles. The average molecular weight is 191 g/mol. The third kappa shape index (κ3) is 2.75. The van der Waals surface area contributed by atoms with Gasteiger partial charge in [-0.3, -0.25) is 4.79 Å². The molecule has 1 amide bonds. The Balaban J connectivity index is 2.52. The fraction of sp³-hybridized carbons (Fsp3) is 0.